The average molecular weight is 433 g/mol. The topological polar surface area (TPSA) is 75.5 Å². The molecule has 1 amide bonds. The van der Waals surface area contributed by atoms with E-state index >= 15 is 0 Å². The fourth-order valence-electron chi connectivity index (χ4n) is 2.68. The van der Waals surface area contributed by atoms with Crippen LogP contribution in [0.15, 0.2) is 47.4 Å². The highest BCUT2D eigenvalue weighted by atomic mass is 35.5. The van der Waals surface area contributed by atoms with Gasteiger partial charge in [-0.25, -0.2) is 4.98 Å². The fraction of sp³-hybridized carbons (Fsp3) is 0.286. The van der Waals surface area contributed by atoms with Crippen LogP contribution in [0.25, 0.3) is 5.65 Å². The summed E-state index contributed by atoms with van der Waals surface area (Å²) in [5.74, 6) is -0.212. The van der Waals surface area contributed by atoms with E-state index in [1.807, 2.05) is 20.8 Å². The number of benzene rings is 1. The molecule has 0 radical (unpaired) electrons. The summed E-state index contributed by atoms with van der Waals surface area (Å²) in [6.07, 6.45) is 2.34. The van der Waals surface area contributed by atoms with Crippen LogP contribution in [0.2, 0.25) is 10.0 Å². The number of nitrogens with zero attached hydrogens (tertiary/aromatic N) is 2. The molecule has 29 heavy (non-hydrogen) atoms. The van der Waals surface area contributed by atoms with Gasteiger partial charge in [-0.15, -0.1) is 0 Å². The molecule has 0 spiro atoms. The van der Waals surface area contributed by atoms with E-state index in [0.29, 0.717) is 33.5 Å². The van der Waals surface area contributed by atoms with Crippen molar-refractivity contribution in [2.75, 3.05) is 5.32 Å². The molecule has 2 heterocycles. The van der Waals surface area contributed by atoms with Crippen molar-refractivity contribution < 1.29 is 4.79 Å². The first-order valence-corrected chi connectivity index (χ1v) is 9.98. The Hall–Kier alpha value is -2.57. The highest BCUT2D eigenvalue weighted by molar-refractivity contribution is 6.34. The standard InChI is InChI=1S/C21H22Cl2N4O2/c1-4-21(2,3)26-20(29)16-7-6-14(9-17(16)23)24-11-15-10-19(28)27-12-13(22)5-8-18(27)25-15/h5-10,12,24H,4,11H2,1-3H3,(H,26,29). The molecule has 0 aliphatic heterocycles. The highest BCUT2D eigenvalue weighted by Crippen LogP contribution is 2.22. The zero-order valence-corrected chi connectivity index (χ0v) is 17.9. The predicted molar refractivity (Wildman–Crippen MR) is 117 cm³/mol. The van der Waals surface area contributed by atoms with Crippen molar-refractivity contribution in [2.45, 2.75) is 39.3 Å². The minimum absolute atomic E-state index is 0.210. The second-order valence-electron chi connectivity index (χ2n) is 7.40. The number of hydrogen-bond acceptors (Lipinski definition) is 4. The highest BCUT2D eigenvalue weighted by Gasteiger charge is 2.20. The molecular formula is C21H22Cl2N4O2. The second-order valence-corrected chi connectivity index (χ2v) is 8.24. The Labute approximate surface area is 178 Å². The van der Waals surface area contributed by atoms with E-state index in [-0.39, 0.29) is 17.0 Å². The van der Waals surface area contributed by atoms with Crippen LogP contribution in [0.3, 0.4) is 0 Å². The van der Waals surface area contributed by atoms with E-state index in [1.165, 1.54) is 16.7 Å². The summed E-state index contributed by atoms with van der Waals surface area (Å²) in [4.78, 5) is 29.1. The third-order valence-electron chi connectivity index (χ3n) is 4.70. The summed E-state index contributed by atoms with van der Waals surface area (Å²) >= 11 is 12.2. The zero-order valence-electron chi connectivity index (χ0n) is 16.4. The van der Waals surface area contributed by atoms with Crippen molar-refractivity contribution in [3.05, 3.63) is 74.3 Å². The number of rotatable bonds is 6. The lowest BCUT2D eigenvalue weighted by atomic mass is 10.0. The molecule has 6 nitrogen and oxygen atoms in total. The average Bonchev–Trinajstić information content (AvgIpc) is 2.66. The van der Waals surface area contributed by atoms with Gasteiger partial charge in [0, 0.05) is 23.5 Å². The molecule has 2 aromatic heterocycles. The number of hydrogen-bond donors (Lipinski definition) is 2. The second kappa shape index (κ2) is 8.43. The lowest BCUT2D eigenvalue weighted by molar-refractivity contribution is 0.0911. The smallest absolute Gasteiger partial charge is 0.258 e. The Morgan fingerprint density at radius 1 is 1.17 bits per heavy atom. The van der Waals surface area contributed by atoms with Crippen molar-refractivity contribution in [2.24, 2.45) is 0 Å². The summed E-state index contributed by atoms with van der Waals surface area (Å²) in [5.41, 5.74) is 1.72. The van der Waals surface area contributed by atoms with Gasteiger partial charge >= 0.3 is 0 Å². The lowest BCUT2D eigenvalue weighted by Gasteiger charge is -2.24. The van der Waals surface area contributed by atoms with E-state index in [9.17, 15) is 9.59 Å². The van der Waals surface area contributed by atoms with Crippen molar-refractivity contribution in [1.82, 2.24) is 14.7 Å². The lowest BCUT2D eigenvalue weighted by Crippen LogP contribution is -2.42. The number of halogens is 2. The van der Waals surface area contributed by atoms with Gasteiger partial charge in [0.05, 0.1) is 27.8 Å². The van der Waals surface area contributed by atoms with Crippen molar-refractivity contribution >= 4 is 40.4 Å². The first-order chi connectivity index (χ1) is 13.7. The molecule has 0 fully saturated rings. The summed E-state index contributed by atoms with van der Waals surface area (Å²) in [5, 5.41) is 6.96. The number of aromatic nitrogens is 2. The van der Waals surface area contributed by atoms with Crippen LogP contribution in [0.1, 0.15) is 43.2 Å². The van der Waals surface area contributed by atoms with Crippen LogP contribution < -0.4 is 16.2 Å². The van der Waals surface area contributed by atoms with Crippen LogP contribution >= 0.6 is 23.2 Å². The van der Waals surface area contributed by atoms with Gasteiger partial charge in [0.25, 0.3) is 11.5 Å². The molecule has 2 N–H and O–H groups in total. The maximum Gasteiger partial charge on any atom is 0.258 e. The van der Waals surface area contributed by atoms with Gasteiger partial charge in [-0.2, -0.15) is 0 Å². The van der Waals surface area contributed by atoms with Crippen LogP contribution in [-0.2, 0) is 6.54 Å². The molecule has 3 aromatic rings. The molecule has 8 heteroatoms. The van der Waals surface area contributed by atoms with Crippen LogP contribution in [0.5, 0.6) is 0 Å². The number of carbonyl (C=O) groups excluding carboxylic acids is 1. The van der Waals surface area contributed by atoms with Crippen molar-refractivity contribution in [1.29, 1.82) is 0 Å². The molecule has 0 unspecified atom stereocenters. The minimum atomic E-state index is -0.308. The molecule has 0 saturated heterocycles. The SMILES string of the molecule is CCC(C)(C)NC(=O)c1ccc(NCc2cc(=O)n3cc(Cl)ccc3n2)cc1Cl. The molecular weight excluding hydrogens is 411 g/mol. The summed E-state index contributed by atoms with van der Waals surface area (Å²) < 4.78 is 1.40. The molecule has 152 valence electrons. The van der Waals surface area contributed by atoms with Gasteiger partial charge in [0.2, 0.25) is 0 Å². The monoisotopic (exact) mass is 432 g/mol. The Kier molecular flexibility index (Phi) is 6.15. The van der Waals surface area contributed by atoms with Crippen molar-refractivity contribution in [3.8, 4) is 0 Å². The van der Waals surface area contributed by atoms with Gasteiger partial charge in [0.1, 0.15) is 5.65 Å². The van der Waals surface area contributed by atoms with E-state index in [1.54, 1.807) is 30.3 Å². The Morgan fingerprint density at radius 3 is 2.62 bits per heavy atom. The largest absolute Gasteiger partial charge is 0.379 e. The maximum absolute atomic E-state index is 12.4. The molecule has 0 atom stereocenters. The van der Waals surface area contributed by atoms with Crippen LogP contribution in [0, 0.1) is 0 Å². The van der Waals surface area contributed by atoms with E-state index in [2.05, 4.69) is 15.6 Å². The first kappa shape index (κ1) is 21.1. The molecule has 3 rings (SSSR count). The Morgan fingerprint density at radius 2 is 1.93 bits per heavy atom. The molecule has 1 aromatic carbocycles. The third-order valence-corrected chi connectivity index (χ3v) is 5.24. The summed E-state index contributed by atoms with van der Waals surface area (Å²) in [6.45, 7) is 6.26. The van der Waals surface area contributed by atoms with Crippen LogP contribution in [0.4, 0.5) is 5.69 Å². The zero-order chi connectivity index (χ0) is 21.2. The number of amides is 1. The van der Waals surface area contributed by atoms with E-state index in [4.69, 9.17) is 23.2 Å². The number of carbonyl (C=O) groups is 1. The number of pyridine rings is 1. The van der Waals surface area contributed by atoms with Crippen LogP contribution in [-0.4, -0.2) is 20.8 Å². The fourth-order valence-corrected chi connectivity index (χ4v) is 3.11. The van der Waals surface area contributed by atoms with Gasteiger partial charge in [-0.1, -0.05) is 30.1 Å². The van der Waals surface area contributed by atoms with Gasteiger partial charge in [-0.3, -0.25) is 14.0 Å². The van der Waals surface area contributed by atoms with Gasteiger partial charge < -0.3 is 10.6 Å². The first-order valence-electron chi connectivity index (χ1n) is 9.22. The normalized spacial score (nSPS) is 11.5. The third kappa shape index (κ3) is 5.08. The molecule has 0 bridgehead atoms. The number of nitrogens with one attached hydrogen (secondary N) is 2. The quantitative estimate of drug-likeness (QED) is 0.599. The molecule has 0 aliphatic carbocycles. The van der Waals surface area contributed by atoms with E-state index < -0.39 is 0 Å². The number of anilines is 1. The Balaban J connectivity index is 1.74. The van der Waals surface area contributed by atoms with Gasteiger partial charge in [-0.05, 0) is 50.6 Å². The predicted octanol–water partition coefficient (Wildman–Crippen LogP) is 4.53. The molecule has 0 saturated carbocycles. The van der Waals surface area contributed by atoms with Crippen molar-refractivity contribution in [3.63, 3.8) is 0 Å². The number of fused-ring (bicyclic) bond motifs is 1. The summed E-state index contributed by atoms with van der Waals surface area (Å²) in [6, 6.07) is 9.96. The summed E-state index contributed by atoms with van der Waals surface area (Å²) in [7, 11) is 0. The van der Waals surface area contributed by atoms with Gasteiger partial charge in [0.15, 0.2) is 0 Å². The minimum Gasteiger partial charge on any atom is -0.379 e. The molecule has 0 aliphatic rings. The van der Waals surface area contributed by atoms with E-state index in [0.717, 1.165) is 12.1 Å². The Bertz CT molecular complexity index is 1130. The maximum atomic E-state index is 12.4.